The molecule has 1 aromatic heterocycles. The van der Waals surface area contributed by atoms with Gasteiger partial charge in [0.1, 0.15) is 10.6 Å². The number of carboxylic acids is 1. The van der Waals surface area contributed by atoms with E-state index in [1.165, 1.54) is 11.3 Å². The van der Waals surface area contributed by atoms with Crippen LogP contribution < -0.4 is 5.32 Å². The molecule has 2 aromatic rings. The molecule has 0 spiro atoms. The maximum atomic E-state index is 13.2. The summed E-state index contributed by atoms with van der Waals surface area (Å²) in [6.07, 6.45) is 5.22. The molecular weight excluding hydrogens is 414 g/mol. The first-order valence-corrected chi connectivity index (χ1v) is 11.3. The number of anilines is 1. The number of allylic oxidation sites excluding steroid dienone is 2. The largest absolute Gasteiger partial charge is 0.481 e. The van der Waals surface area contributed by atoms with E-state index >= 15 is 0 Å². The predicted molar refractivity (Wildman–Crippen MR) is 119 cm³/mol. The lowest BCUT2D eigenvalue weighted by atomic mass is 9.82. The second-order valence-electron chi connectivity index (χ2n) is 8.07. The Hall–Kier alpha value is -2.93. The van der Waals surface area contributed by atoms with Gasteiger partial charge in [0, 0.05) is 10.4 Å². The fourth-order valence-corrected chi connectivity index (χ4v) is 5.83. The Kier molecular flexibility index (Phi) is 5.96. The van der Waals surface area contributed by atoms with Gasteiger partial charge in [0.2, 0.25) is 5.91 Å². The summed E-state index contributed by atoms with van der Waals surface area (Å²) >= 11 is 1.32. The summed E-state index contributed by atoms with van der Waals surface area (Å²) in [6, 6.07) is 9.52. The SMILES string of the molecule is CCCOC(=O)c1c(NC(=O)C2C3C=CC(C3)C2C(=O)O)sc(C)c1-c1ccccc1. The Labute approximate surface area is 184 Å². The van der Waals surface area contributed by atoms with Crippen LogP contribution in [0, 0.1) is 30.6 Å². The van der Waals surface area contributed by atoms with Crippen LogP contribution in [-0.2, 0) is 14.3 Å². The van der Waals surface area contributed by atoms with Gasteiger partial charge in [-0.1, -0.05) is 49.4 Å². The Bertz CT molecular complexity index is 1040. The van der Waals surface area contributed by atoms with Gasteiger partial charge in [0.15, 0.2) is 0 Å². The Morgan fingerprint density at radius 1 is 1.13 bits per heavy atom. The number of nitrogens with one attached hydrogen (secondary N) is 1. The van der Waals surface area contributed by atoms with Crippen molar-refractivity contribution in [3.05, 3.63) is 52.9 Å². The first-order chi connectivity index (χ1) is 14.9. The van der Waals surface area contributed by atoms with Gasteiger partial charge in [-0.3, -0.25) is 9.59 Å². The number of hydrogen-bond donors (Lipinski definition) is 2. The summed E-state index contributed by atoms with van der Waals surface area (Å²) < 4.78 is 5.42. The molecular formula is C24H25NO5S. The van der Waals surface area contributed by atoms with Crippen molar-refractivity contribution in [2.45, 2.75) is 26.7 Å². The zero-order valence-corrected chi connectivity index (χ0v) is 18.3. The van der Waals surface area contributed by atoms with Gasteiger partial charge in [-0.25, -0.2) is 4.79 Å². The minimum atomic E-state index is -0.952. The lowest BCUT2D eigenvalue weighted by Gasteiger charge is -2.23. The Morgan fingerprint density at radius 3 is 2.45 bits per heavy atom. The number of aryl methyl sites for hydroxylation is 1. The number of thiophene rings is 1. The fraction of sp³-hybridized carbons (Fsp3) is 0.375. The highest BCUT2D eigenvalue weighted by molar-refractivity contribution is 7.17. The van der Waals surface area contributed by atoms with Gasteiger partial charge < -0.3 is 15.2 Å². The highest BCUT2D eigenvalue weighted by Gasteiger charge is 2.51. The molecule has 1 amide bonds. The number of aliphatic carboxylic acids is 1. The molecule has 1 aromatic carbocycles. The van der Waals surface area contributed by atoms with Crippen molar-refractivity contribution in [3.63, 3.8) is 0 Å². The summed E-state index contributed by atoms with van der Waals surface area (Å²) in [4.78, 5) is 38.9. The first-order valence-electron chi connectivity index (χ1n) is 10.5. The average Bonchev–Trinajstić information content (AvgIpc) is 3.45. The van der Waals surface area contributed by atoms with Crippen LogP contribution >= 0.6 is 11.3 Å². The molecule has 7 heteroatoms. The zero-order valence-electron chi connectivity index (χ0n) is 17.5. The van der Waals surface area contributed by atoms with E-state index in [0.717, 1.165) is 16.0 Å². The molecule has 31 heavy (non-hydrogen) atoms. The van der Waals surface area contributed by atoms with E-state index < -0.39 is 23.8 Å². The van der Waals surface area contributed by atoms with Crippen molar-refractivity contribution in [3.8, 4) is 11.1 Å². The minimum Gasteiger partial charge on any atom is -0.481 e. The van der Waals surface area contributed by atoms with E-state index in [1.807, 2.05) is 56.3 Å². The normalized spacial score (nSPS) is 23.7. The zero-order chi connectivity index (χ0) is 22.1. The molecule has 1 heterocycles. The van der Waals surface area contributed by atoms with E-state index in [-0.39, 0.29) is 24.3 Å². The molecule has 2 aliphatic rings. The van der Waals surface area contributed by atoms with Gasteiger partial charge in [-0.15, -0.1) is 11.3 Å². The summed E-state index contributed by atoms with van der Waals surface area (Å²) in [5, 5.41) is 13.0. The van der Waals surface area contributed by atoms with Crippen LogP contribution in [0.15, 0.2) is 42.5 Å². The monoisotopic (exact) mass is 439 g/mol. The topological polar surface area (TPSA) is 92.7 Å². The van der Waals surface area contributed by atoms with Crippen molar-refractivity contribution in [2.24, 2.45) is 23.7 Å². The lowest BCUT2D eigenvalue weighted by molar-refractivity contribution is -0.146. The van der Waals surface area contributed by atoms with E-state index in [2.05, 4.69) is 5.32 Å². The van der Waals surface area contributed by atoms with E-state index in [1.54, 1.807) is 0 Å². The molecule has 6 nitrogen and oxygen atoms in total. The average molecular weight is 440 g/mol. The maximum Gasteiger partial charge on any atom is 0.341 e. The summed E-state index contributed by atoms with van der Waals surface area (Å²) in [5.74, 6) is -3.37. The van der Waals surface area contributed by atoms with Crippen molar-refractivity contribution in [1.82, 2.24) is 0 Å². The third kappa shape index (κ3) is 3.90. The van der Waals surface area contributed by atoms with Crippen LogP contribution in [-0.4, -0.2) is 29.6 Å². The second-order valence-corrected chi connectivity index (χ2v) is 9.29. The van der Waals surface area contributed by atoms with Crippen LogP contribution in [0.4, 0.5) is 5.00 Å². The van der Waals surface area contributed by atoms with Crippen LogP contribution in [0.2, 0.25) is 0 Å². The molecule has 162 valence electrons. The van der Waals surface area contributed by atoms with E-state index in [0.29, 0.717) is 23.4 Å². The standard InChI is InChI=1S/C24H25NO5S/c1-3-11-30-24(29)20-17(14-7-5-4-6-8-14)13(2)31-22(20)25-21(26)18-15-9-10-16(12-15)19(18)23(27)28/h4-10,15-16,18-19H,3,11-12H2,1-2H3,(H,25,26)(H,27,28). The molecule has 0 aliphatic heterocycles. The molecule has 1 fully saturated rings. The predicted octanol–water partition coefficient (Wildman–Crippen LogP) is 4.75. The fourth-order valence-electron chi connectivity index (χ4n) is 4.76. The summed E-state index contributed by atoms with van der Waals surface area (Å²) in [7, 11) is 0. The first kappa shape index (κ1) is 21.3. The number of ether oxygens (including phenoxy) is 1. The number of rotatable bonds is 7. The second kappa shape index (κ2) is 8.67. The van der Waals surface area contributed by atoms with Crippen LogP contribution in [0.25, 0.3) is 11.1 Å². The van der Waals surface area contributed by atoms with Gasteiger partial charge in [-0.05, 0) is 37.2 Å². The number of hydrogen-bond acceptors (Lipinski definition) is 5. The molecule has 4 unspecified atom stereocenters. The molecule has 0 radical (unpaired) electrons. The minimum absolute atomic E-state index is 0.0868. The third-order valence-electron chi connectivity index (χ3n) is 6.07. The van der Waals surface area contributed by atoms with Crippen molar-refractivity contribution in [1.29, 1.82) is 0 Å². The number of carbonyl (C=O) groups is 3. The number of esters is 1. The molecule has 4 rings (SSSR count). The number of carbonyl (C=O) groups excluding carboxylic acids is 2. The number of carboxylic acid groups (broad SMARTS) is 1. The van der Waals surface area contributed by atoms with Gasteiger partial charge in [-0.2, -0.15) is 0 Å². The summed E-state index contributed by atoms with van der Waals surface area (Å²) in [5.41, 5.74) is 1.94. The number of fused-ring (bicyclic) bond motifs is 2. The van der Waals surface area contributed by atoms with Gasteiger partial charge >= 0.3 is 11.9 Å². The van der Waals surface area contributed by atoms with E-state index in [9.17, 15) is 19.5 Å². The van der Waals surface area contributed by atoms with Gasteiger partial charge in [0.25, 0.3) is 0 Å². The Morgan fingerprint density at radius 2 is 1.81 bits per heavy atom. The molecule has 1 saturated carbocycles. The van der Waals surface area contributed by atoms with E-state index in [4.69, 9.17) is 4.74 Å². The van der Waals surface area contributed by atoms with Crippen LogP contribution in [0.3, 0.4) is 0 Å². The maximum absolute atomic E-state index is 13.2. The number of amides is 1. The smallest absolute Gasteiger partial charge is 0.341 e. The highest BCUT2D eigenvalue weighted by atomic mass is 32.1. The van der Waals surface area contributed by atoms with Crippen molar-refractivity contribution >= 4 is 34.2 Å². The summed E-state index contributed by atoms with van der Waals surface area (Å²) in [6.45, 7) is 4.11. The van der Waals surface area contributed by atoms with Crippen LogP contribution in [0.1, 0.15) is 35.0 Å². The third-order valence-corrected chi connectivity index (χ3v) is 7.09. The quantitative estimate of drug-likeness (QED) is 0.480. The molecule has 2 bridgehead atoms. The van der Waals surface area contributed by atoms with Crippen molar-refractivity contribution in [2.75, 3.05) is 11.9 Å². The number of benzene rings is 1. The van der Waals surface area contributed by atoms with Crippen LogP contribution in [0.5, 0.6) is 0 Å². The molecule has 4 atom stereocenters. The van der Waals surface area contributed by atoms with Crippen molar-refractivity contribution < 1.29 is 24.2 Å². The highest BCUT2D eigenvalue weighted by Crippen LogP contribution is 2.49. The lowest BCUT2D eigenvalue weighted by Crippen LogP contribution is -2.36. The molecule has 2 aliphatic carbocycles. The Balaban J connectivity index is 1.70. The molecule has 2 N–H and O–H groups in total. The molecule has 0 saturated heterocycles. The van der Waals surface area contributed by atoms with Gasteiger partial charge in [0.05, 0.1) is 18.4 Å².